The fourth-order valence-corrected chi connectivity index (χ4v) is 4.54. The van der Waals surface area contributed by atoms with Crippen LogP contribution in [0.4, 0.5) is 23.2 Å². The van der Waals surface area contributed by atoms with E-state index in [-0.39, 0.29) is 24.1 Å². The van der Waals surface area contributed by atoms with Gasteiger partial charge in [-0.25, -0.2) is 4.39 Å². The molecule has 0 aromatic heterocycles. The maximum Gasteiger partial charge on any atom is 0.416 e. The third-order valence-electron chi connectivity index (χ3n) is 6.39. The van der Waals surface area contributed by atoms with Gasteiger partial charge in [0.1, 0.15) is 12.2 Å². The first-order valence-electron chi connectivity index (χ1n) is 11.0. The number of amides is 2. The van der Waals surface area contributed by atoms with Gasteiger partial charge in [0.2, 0.25) is 11.8 Å². The smallest absolute Gasteiger partial charge is 0.369 e. The average Bonchev–Trinajstić information content (AvgIpc) is 2.72. The summed E-state index contributed by atoms with van der Waals surface area (Å²) in [5.74, 6) is -1.03. The van der Waals surface area contributed by atoms with E-state index in [9.17, 15) is 27.2 Å². The second kappa shape index (κ2) is 10.5. The van der Waals surface area contributed by atoms with E-state index in [1.807, 2.05) is 0 Å². The molecule has 1 aliphatic heterocycles. The first-order chi connectivity index (χ1) is 15.1. The number of carbonyl (C=O) groups excluding carboxylic acids is 2. The Morgan fingerprint density at radius 2 is 1.72 bits per heavy atom. The molecule has 1 saturated heterocycles. The molecule has 6 nitrogen and oxygen atoms in total. The lowest BCUT2D eigenvalue weighted by molar-refractivity contribution is -0.137. The van der Waals surface area contributed by atoms with Gasteiger partial charge in [0.25, 0.3) is 0 Å². The Labute approximate surface area is 185 Å². The summed E-state index contributed by atoms with van der Waals surface area (Å²) >= 11 is 0. The Morgan fingerprint density at radius 3 is 2.31 bits per heavy atom. The summed E-state index contributed by atoms with van der Waals surface area (Å²) in [5.41, 5.74) is 4.21. The van der Waals surface area contributed by atoms with Gasteiger partial charge in [-0.3, -0.25) is 14.5 Å². The minimum Gasteiger partial charge on any atom is -0.369 e. The topological polar surface area (TPSA) is 78.7 Å². The van der Waals surface area contributed by atoms with Crippen LogP contribution in [0.3, 0.4) is 0 Å². The number of nitrogens with two attached hydrogens (primary N) is 1. The molecule has 0 radical (unpaired) electrons. The maximum absolute atomic E-state index is 14.1. The molecule has 1 aromatic rings. The molecule has 3 N–H and O–H groups in total. The van der Waals surface area contributed by atoms with Crippen molar-refractivity contribution in [3.05, 3.63) is 29.6 Å². The van der Waals surface area contributed by atoms with Gasteiger partial charge in [0.05, 0.1) is 11.3 Å². The van der Waals surface area contributed by atoms with Crippen LogP contribution in [0.1, 0.15) is 44.1 Å². The molecular weight excluding hydrogens is 428 g/mol. The first-order valence-corrected chi connectivity index (χ1v) is 11.0. The van der Waals surface area contributed by atoms with Crippen molar-refractivity contribution in [2.75, 3.05) is 37.6 Å². The first kappa shape index (κ1) is 24.3. The predicted molar refractivity (Wildman–Crippen MR) is 112 cm³/mol. The summed E-state index contributed by atoms with van der Waals surface area (Å²) < 4.78 is 53.0. The van der Waals surface area contributed by atoms with Crippen molar-refractivity contribution in [2.45, 2.75) is 50.7 Å². The van der Waals surface area contributed by atoms with E-state index in [1.165, 1.54) is 0 Å². The van der Waals surface area contributed by atoms with Crippen molar-refractivity contribution in [2.24, 2.45) is 11.7 Å². The lowest BCUT2D eigenvalue weighted by Crippen LogP contribution is -2.47. The Morgan fingerprint density at radius 1 is 1.06 bits per heavy atom. The summed E-state index contributed by atoms with van der Waals surface area (Å²) in [7, 11) is 0. The molecule has 32 heavy (non-hydrogen) atoms. The van der Waals surface area contributed by atoms with Gasteiger partial charge in [-0.05, 0) is 62.8 Å². The number of piperazine rings is 1. The van der Waals surface area contributed by atoms with E-state index in [0.29, 0.717) is 32.1 Å². The molecule has 0 bridgehead atoms. The lowest BCUT2D eigenvalue weighted by atomic mass is 9.84. The van der Waals surface area contributed by atoms with E-state index >= 15 is 0 Å². The molecule has 10 heteroatoms. The van der Waals surface area contributed by atoms with Gasteiger partial charge >= 0.3 is 6.18 Å². The zero-order valence-corrected chi connectivity index (χ0v) is 18.0. The van der Waals surface area contributed by atoms with Crippen LogP contribution in [-0.4, -0.2) is 55.5 Å². The van der Waals surface area contributed by atoms with Crippen LogP contribution in [0.2, 0.25) is 0 Å². The Kier molecular flexibility index (Phi) is 7.97. The summed E-state index contributed by atoms with van der Waals surface area (Å²) in [4.78, 5) is 26.4. The number of hydrogen-bond acceptors (Lipinski definition) is 4. The number of nitrogens with zero attached hydrogens (tertiary/aromatic N) is 2. The van der Waals surface area contributed by atoms with Crippen molar-refractivity contribution in [1.82, 2.24) is 10.2 Å². The number of anilines is 1. The predicted octanol–water partition coefficient (Wildman–Crippen LogP) is 2.91. The SMILES string of the molecule is NC(=O)CC(=O)N[C@H]1CC[C@H](CCN2CCN(c3cc(C(F)(F)F)ccc3F)CC2)CC1. The van der Waals surface area contributed by atoms with Gasteiger partial charge in [0.15, 0.2) is 0 Å². The Bertz CT molecular complexity index is 802. The number of alkyl halides is 3. The molecule has 178 valence electrons. The third kappa shape index (κ3) is 6.82. The van der Waals surface area contributed by atoms with E-state index in [0.717, 1.165) is 56.8 Å². The highest BCUT2D eigenvalue weighted by Crippen LogP contribution is 2.33. The number of rotatable bonds is 7. The molecule has 3 rings (SSSR count). The molecule has 1 heterocycles. The normalized spacial score (nSPS) is 22.6. The van der Waals surface area contributed by atoms with E-state index in [4.69, 9.17) is 5.73 Å². The van der Waals surface area contributed by atoms with Gasteiger partial charge in [-0.1, -0.05) is 0 Å². The van der Waals surface area contributed by atoms with Gasteiger partial charge in [-0.2, -0.15) is 13.2 Å². The van der Waals surface area contributed by atoms with Crippen molar-refractivity contribution < 1.29 is 27.2 Å². The molecule has 0 atom stereocenters. The highest BCUT2D eigenvalue weighted by atomic mass is 19.4. The molecule has 1 aliphatic carbocycles. The zero-order valence-electron chi connectivity index (χ0n) is 18.0. The van der Waals surface area contributed by atoms with Crippen LogP contribution in [0, 0.1) is 11.7 Å². The van der Waals surface area contributed by atoms with Crippen molar-refractivity contribution in [3.63, 3.8) is 0 Å². The molecule has 2 amide bonds. The third-order valence-corrected chi connectivity index (χ3v) is 6.39. The molecule has 0 spiro atoms. The number of halogens is 4. The van der Waals surface area contributed by atoms with Crippen LogP contribution in [-0.2, 0) is 15.8 Å². The Hall–Kier alpha value is -2.36. The molecule has 1 aromatic carbocycles. The highest BCUT2D eigenvalue weighted by Gasteiger charge is 2.32. The molecular formula is C22H30F4N4O2. The van der Waals surface area contributed by atoms with Crippen LogP contribution >= 0.6 is 0 Å². The summed E-state index contributed by atoms with van der Waals surface area (Å²) in [6, 6.07) is 2.64. The van der Waals surface area contributed by atoms with E-state index in [1.54, 1.807) is 4.90 Å². The summed E-state index contributed by atoms with van der Waals surface area (Å²) in [5, 5.41) is 2.86. The van der Waals surface area contributed by atoms with E-state index in [2.05, 4.69) is 10.2 Å². The fourth-order valence-electron chi connectivity index (χ4n) is 4.54. The lowest BCUT2D eigenvalue weighted by Gasteiger charge is -2.37. The van der Waals surface area contributed by atoms with Crippen molar-refractivity contribution in [1.29, 1.82) is 0 Å². The number of carbonyl (C=O) groups is 2. The molecule has 0 unspecified atom stereocenters. The summed E-state index contributed by atoms with van der Waals surface area (Å²) in [6.45, 7) is 3.21. The molecule has 2 fully saturated rings. The minimum atomic E-state index is -4.49. The van der Waals surface area contributed by atoms with Crippen LogP contribution in [0.5, 0.6) is 0 Å². The average molecular weight is 459 g/mol. The van der Waals surface area contributed by atoms with Gasteiger partial charge in [-0.15, -0.1) is 0 Å². The standard InChI is InChI=1S/C22H30F4N4O2/c23-18-6-3-16(22(24,25)26)13-19(18)30-11-9-29(10-12-30)8-7-15-1-4-17(5-2-15)28-21(32)14-20(27)31/h3,6,13,15,17H,1-2,4-5,7-12,14H2,(H2,27,31)(H,28,32)/t15-,17-. The fraction of sp³-hybridized carbons (Fsp3) is 0.636. The largest absolute Gasteiger partial charge is 0.416 e. The van der Waals surface area contributed by atoms with Crippen LogP contribution in [0.25, 0.3) is 0 Å². The number of nitrogens with one attached hydrogen (secondary N) is 1. The number of benzene rings is 1. The molecule has 2 aliphatic rings. The van der Waals surface area contributed by atoms with Gasteiger partial charge in [0, 0.05) is 32.2 Å². The Balaban J connectivity index is 1.39. The maximum atomic E-state index is 14.1. The zero-order chi connectivity index (χ0) is 23.3. The van der Waals surface area contributed by atoms with Crippen LogP contribution in [0.15, 0.2) is 18.2 Å². The van der Waals surface area contributed by atoms with Gasteiger partial charge < -0.3 is 16.0 Å². The number of hydrogen-bond donors (Lipinski definition) is 2. The quantitative estimate of drug-likeness (QED) is 0.487. The van der Waals surface area contributed by atoms with Crippen molar-refractivity contribution >= 4 is 17.5 Å². The highest BCUT2D eigenvalue weighted by molar-refractivity contribution is 5.96. The van der Waals surface area contributed by atoms with Crippen LogP contribution < -0.4 is 16.0 Å². The summed E-state index contributed by atoms with van der Waals surface area (Å²) in [6.07, 6.45) is -0.0203. The second-order valence-electron chi connectivity index (χ2n) is 8.71. The van der Waals surface area contributed by atoms with Crippen molar-refractivity contribution in [3.8, 4) is 0 Å². The number of primary amides is 1. The minimum absolute atomic E-state index is 0.0104. The second-order valence-corrected chi connectivity index (χ2v) is 8.71. The molecule has 1 saturated carbocycles. The monoisotopic (exact) mass is 458 g/mol. The van der Waals surface area contributed by atoms with E-state index < -0.39 is 23.5 Å².